The molecule has 1 nitrogen and oxygen atoms in total. The molecule has 0 amide bonds. The maximum absolute atomic E-state index is 10.4. The summed E-state index contributed by atoms with van der Waals surface area (Å²) in [6.45, 7) is 11.2. The zero-order valence-electron chi connectivity index (χ0n) is 12.2. The second-order valence-electron chi connectivity index (χ2n) is 7.97. The fraction of sp³-hybridized carbons (Fsp3) is 0.882. The first-order valence-electron chi connectivity index (χ1n) is 7.72. The van der Waals surface area contributed by atoms with E-state index in [9.17, 15) is 5.11 Å². The van der Waals surface area contributed by atoms with Crippen LogP contribution in [0.3, 0.4) is 0 Å². The predicted molar refractivity (Wildman–Crippen MR) is 75.1 cm³/mol. The molecule has 0 aromatic carbocycles. The second kappa shape index (κ2) is 3.85. The summed E-state index contributed by atoms with van der Waals surface area (Å²) < 4.78 is 0. The number of aliphatic hydroxyl groups excluding tert-OH is 1. The van der Waals surface area contributed by atoms with Gasteiger partial charge in [-0.2, -0.15) is 0 Å². The van der Waals surface area contributed by atoms with Crippen LogP contribution in [0.1, 0.15) is 52.9 Å². The summed E-state index contributed by atoms with van der Waals surface area (Å²) in [5.74, 6) is 2.89. The van der Waals surface area contributed by atoms with Gasteiger partial charge in [0.2, 0.25) is 0 Å². The topological polar surface area (TPSA) is 20.2 Å². The Balaban J connectivity index is 2.04. The second-order valence-corrected chi connectivity index (χ2v) is 7.97. The van der Waals surface area contributed by atoms with Crippen LogP contribution >= 0.6 is 0 Å². The lowest BCUT2D eigenvalue weighted by atomic mass is 9.63. The Labute approximate surface area is 112 Å². The van der Waals surface area contributed by atoms with Gasteiger partial charge in [-0.1, -0.05) is 33.3 Å². The van der Waals surface area contributed by atoms with Gasteiger partial charge in [0, 0.05) is 0 Å². The fourth-order valence-corrected chi connectivity index (χ4v) is 6.27. The first-order valence-corrected chi connectivity index (χ1v) is 7.72. The molecule has 3 aliphatic carbocycles. The average molecular weight is 248 g/mol. The third kappa shape index (κ3) is 1.43. The van der Waals surface area contributed by atoms with Gasteiger partial charge in [0.05, 0.1) is 6.10 Å². The van der Waals surface area contributed by atoms with E-state index in [1.165, 1.54) is 32.1 Å². The molecule has 1 heteroatoms. The predicted octanol–water partition coefficient (Wildman–Crippen LogP) is 4.02. The van der Waals surface area contributed by atoms with Crippen molar-refractivity contribution in [3.8, 4) is 0 Å². The van der Waals surface area contributed by atoms with Gasteiger partial charge in [0.15, 0.2) is 0 Å². The molecule has 0 aromatic heterocycles. The van der Waals surface area contributed by atoms with Gasteiger partial charge in [-0.25, -0.2) is 0 Å². The van der Waals surface area contributed by atoms with Gasteiger partial charge in [-0.15, -0.1) is 6.58 Å². The van der Waals surface area contributed by atoms with Crippen molar-refractivity contribution in [3.05, 3.63) is 12.7 Å². The maximum atomic E-state index is 10.4. The monoisotopic (exact) mass is 248 g/mol. The van der Waals surface area contributed by atoms with E-state index >= 15 is 0 Å². The van der Waals surface area contributed by atoms with Gasteiger partial charge in [-0.3, -0.25) is 0 Å². The summed E-state index contributed by atoms with van der Waals surface area (Å²) in [6.07, 6.45) is 8.25. The summed E-state index contributed by atoms with van der Waals surface area (Å²) in [5.41, 5.74) is 0.841. The fourth-order valence-electron chi connectivity index (χ4n) is 6.27. The van der Waals surface area contributed by atoms with Crippen LogP contribution in [0.15, 0.2) is 12.7 Å². The lowest BCUT2D eigenvalue weighted by molar-refractivity contribution is 0.00216. The number of hydrogen-bond acceptors (Lipinski definition) is 1. The molecular formula is C17H28O. The first-order chi connectivity index (χ1) is 8.42. The van der Waals surface area contributed by atoms with Crippen LogP contribution in [-0.2, 0) is 0 Å². The highest BCUT2D eigenvalue weighted by molar-refractivity contribution is 5.15. The Morgan fingerprint density at radius 3 is 2.61 bits per heavy atom. The molecular weight excluding hydrogens is 220 g/mol. The molecule has 1 N–H and O–H groups in total. The highest BCUT2D eigenvalue weighted by atomic mass is 16.3. The van der Waals surface area contributed by atoms with Crippen LogP contribution in [0.2, 0.25) is 0 Å². The molecule has 0 aliphatic heterocycles. The maximum Gasteiger partial charge on any atom is 0.0754 e. The minimum atomic E-state index is -0.290. The van der Waals surface area contributed by atoms with E-state index in [1.54, 1.807) is 6.08 Å². The molecule has 4 bridgehead atoms. The van der Waals surface area contributed by atoms with Crippen LogP contribution < -0.4 is 0 Å². The zero-order chi connectivity index (χ0) is 13.1. The lowest BCUT2D eigenvalue weighted by Crippen LogP contribution is -2.40. The molecule has 0 saturated heterocycles. The third-order valence-corrected chi connectivity index (χ3v) is 6.82. The molecule has 0 unspecified atom stereocenters. The minimum absolute atomic E-state index is 0.290. The van der Waals surface area contributed by atoms with Crippen molar-refractivity contribution in [1.82, 2.24) is 0 Å². The third-order valence-electron chi connectivity index (χ3n) is 6.82. The van der Waals surface area contributed by atoms with Crippen molar-refractivity contribution in [3.63, 3.8) is 0 Å². The molecule has 0 heterocycles. The Kier molecular flexibility index (Phi) is 2.72. The van der Waals surface area contributed by atoms with Gasteiger partial charge in [-0.05, 0) is 60.2 Å². The molecule has 18 heavy (non-hydrogen) atoms. The Morgan fingerprint density at radius 2 is 1.94 bits per heavy atom. The largest absolute Gasteiger partial charge is 0.389 e. The van der Waals surface area contributed by atoms with Crippen molar-refractivity contribution in [2.24, 2.45) is 34.5 Å². The number of hydrogen-bond donors (Lipinski definition) is 1. The summed E-state index contributed by atoms with van der Waals surface area (Å²) >= 11 is 0. The van der Waals surface area contributed by atoms with E-state index in [0.717, 1.165) is 17.8 Å². The van der Waals surface area contributed by atoms with Crippen LogP contribution in [0, 0.1) is 34.5 Å². The molecule has 0 radical (unpaired) electrons. The summed E-state index contributed by atoms with van der Waals surface area (Å²) in [6, 6.07) is 0. The number of aliphatic hydroxyl groups is 1. The van der Waals surface area contributed by atoms with Crippen molar-refractivity contribution >= 4 is 0 Å². The highest BCUT2D eigenvalue weighted by Gasteiger charge is 2.65. The highest BCUT2D eigenvalue weighted by Crippen LogP contribution is 2.71. The Hall–Kier alpha value is -0.300. The van der Waals surface area contributed by atoms with Crippen molar-refractivity contribution < 1.29 is 5.11 Å². The van der Waals surface area contributed by atoms with Gasteiger partial charge in [0.25, 0.3) is 0 Å². The molecule has 3 fully saturated rings. The van der Waals surface area contributed by atoms with E-state index in [4.69, 9.17) is 0 Å². The van der Waals surface area contributed by atoms with E-state index in [-0.39, 0.29) is 6.10 Å². The first kappa shape index (κ1) is 12.7. The van der Waals surface area contributed by atoms with Gasteiger partial charge >= 0.3 is 0 Å². The molecule has 3 rings (SSSR count). The van der Waals surface area contributed by atoms with Gasteiger partial charge in [0.1, 0.15) is 0 Å². The summed E-state index contributed by atoms with van der Waals surface area (Å²) in [4.78, 5) is 0. The summed E-state index contributed by atoms with van der Waals surface area (Å²) in [5, 5.41) is 10.4. The van der Waals surface area contributed by atoms with E-state index in [2.05, 4.69) is 27.4 Å². The van der Waals surface area contributed by atoms with Crippen LogP contribution in [0.5, 0.6) is 0 Å². The average Bonchev–Trinajstić information content (AvgIpc) is 2.79. The van der Waals surface area contributed by atoms with E-state index < -0.39 is 0 Å². The van der Waals surface area contributed by atoms with Crippen LogP contribution in [0.25, 0.3) is 0 Å². The summed E-state index contributed by atoms with van der Waals surface area (Å²) in [7, 11) is 0. The van der Waals surface area contributed by atoms with Crippen LogP contribution in [-0.4, -0.2) is 11.2 Å². The van der Waals surface area contributed by atoms with Crippen molar-refractivity contribution in [2.45, 2.75) is 59.0 Å². The Morgan fingerprint density at radius 1 is 1.22 bits per heavy atom. The van der Waals surface area contributed by atoms with Crippen molar-refractivity contribution in [1.29, 1.82) is 0 Å². The molecule has 102 valence electrons. The van der Waals surface area contributed by atoms with Gasteiger partial charge < -0.3 is 5.11 Å². The van der Waals surface area contributed by atoms with Crippen LogP contribution in [0.4, 0.5) is 0 Å². The van der Waals surface area contributed by atoms with E-state index in [1.807, 2.05) is 0 Å². The normalized spacial score (nSPS) is 50.9. The lowest BCUT2D eigenvalue weighted by Gasteiger charge is -2.43. The zero-order valence-corrected chi connectivity index (χ0v) is 12.2. The molecule has 0 spiro atoms. The quantitative estimate of drug-likeness (QED) is 0.732. The van der Waals surface area contributed by atoms with Crippen molar-refractivity contribution in [2.75, 3.05) is 0 Å². The molecule has 3 saturated carbocycles. The standard InChI is InChI=1S/C17H28O/c1-5-13(18)15-11-7-8-12-14(11)16(2,3)9-6-10-17(12,15)4/h5,11-15,18H,1,6-10H2,2-4H3/t11-,12+,13-,14-,15+,17-/m0/s1. The molecule has 6 atom stereocenters. The van der Waals surface area contributed by atoms with E-state index in [0.29, 0.717) is 16.7 Å². The SMILES string of the molecule is C=C[C@H](O)[C@H]1[C@H]2CC[C@@H]3[C@H]2C(C)(C)CCC[C@]13C. The molecule has 3 aliphatic rings. The Bertz CT molecular complexity index is 359. The minimum Gasteiger partial charge on any atom is -0.389 e. The number of rotatable bonds is 2. The smallest absolute Gasteiger partial charge is 0.0754 e. The molecule has 0 aromatic rings.